The van der Waals surface area contributed by atoms with Crippen LogP contribution in [-0.2, 0) is 21.7 Å². The third-order valence-electron chi connectivity index (χ3n) is 17.1. The molecule has 0 saturated carbocycles. The second-order valence-electron chi connectivity index (χ2n) is 26.7. The van der Waals surface area contributed by atoms with Gasteiger partial charge in [-0.05, 0) is 156 Å². The smallest absolute Gasteiger partial charge is 0.252 e. The van der Waals surface area contributed by atoms with Crippen LogP contribution in [0.15, 0.2) is 223 Å². The molecule has 10 aromatic carbocycles. The van der Waals surface area contributed by atoms with Crippen LogP contribution in [-0.4, -0.2) is 6.71 Å². The first-order valence-electron chi connectivity index (χ1n) is 28.9. The van der Waals surface area contributed by atoms with E-state index in [1.165, 1.54) is 66.8 Å². The van der Waals surface area contributed by atoms with Crippen LogP contribution in [0.5, 0.6) is 0 Å². The number of hydrogen-bond acceptors (Lipinski definition) is 4. The lowest BCUT2D eigenvalue weighted by molar-refractivity contribution is 0.589. The molecule has 11 aromatic rings. The van der Waals surface area contributed by atoms with Crippen molar-refractivity contribution < 1.29 is 4.42 Å². The number of nitrogens with zero attached hydrogens (tertiary/aromatic N) is 3. The monoisotopic (exact) mass is 1050 g/mol. The maximum Gasteiger partial charge on any atom is 0.252 e. The summed E-state index contributed by atoms with van der Waals surface area (Å²) in [6, 6.07) is 82.1. The van der Waals surface area contributed by atoms with E-state index in [1.54, 1.807) is 0 Å². The number of anilines is 9. The Morgan fingerprint density at radius 1 is 0.358 bits per heavy atom. The summed E-state index contributed by atoms with van der Waals surface area (Å²) in [5.74, 6) is 0. The second-order valence-corrected chi connectivity index (χ2v) is 26.7. The predicted molar refractivity (Wildman–Crippen MR) is 348 cm³/mol. The van der Waals surface area contributed by atoms with Crippen molar-refractivity contribution in [3.63, 3.8) is 0 Å². The summed E-state index contributed by atoms with van der Waals surface area (Å²) < 4.78 is 6.76. The van der Waals surface area contributed by atoms with Gasteiger partial charge in [-0.3, -0.25) is 0 Å². The molecule has 0 N–H and O–H groups in total. The normalized spacial score (nSPS) is 13.4. The van der Waals surface area contributed by atoms with Gasteiger partial charge in [0.25, 0.3) is 6.71 Å². The number of para-hydroxylation sites is 3. The van der Waals surface area contributed by atoms with Crippen molar-refractivity contribution in [3.8, 4) is 22.3 Å². The molecule has 4 nitrogen and oxygen atoms in total. The fourth-order valence-corrected chi connectivity index (χ4v) is 12.5. The standard InChI is InChI=1S/C76H72BN3O/c1-73(2,3)51-33-37-56(38-34-51)79-66-42-36-53(75(7,8)9)45-64(66)77-63-40-39-58(78(55-26-17-14-18-27-55)65-41-35-52(74(4,5)6)44-62(65)49-23-15-13-16-24-49)48-67(63)80(69-47-54(76(10,11)12)46-68(79)71(69)77)57-28-21-25-50(43-57)59-30-22-31-61-60-29-19-20-32-70(60)81-72(59)61/h13-48H,1-12H3. The van der Waals surface area contributed by atoms with E-state index in [-0.39, 0.29) is 28.4 Å². The molecule has 2 aliphatic rings. The molecule has 400 valence electrons. The van der Waals surface area contributed by atoms with Crippen LogP contribution in [0.2, 0.25) is 0 Å². The molecule has 0 bridgehead atoms. The molecule has 3 heterocycles. The first-order chi connectivity index (χ1) is 38.7. The van der Waals surface area contributed by atoms with Gasteiger partial charge in [-0.1, -0.05) is 217 Å². The molecule has 0 saturated heterocycles. The Morgan fingerprint density at radius 3 is 1.63 bits per heavy atom. The Kier molecular flexibility index (Phi) is 12.2. The molecule has 81 heavy (non-hydrogen) atoms. The van der Waals surface area contributed by atoms with Crippen molar-refractivity contribution in [3.05, 3.63) is 241 Å². The predicted octanol–water partition coefficient (Wildman–Crippen LogP) is 19.7. The highest BCUT2D eigenvalue weighted by Crippen LogP contribution is 2.50. The van der Waals surface area contributed by atoms with Gasteiger partial charge in [0.1, 0.15) is 11.2 Å². The molecule has 0 atom stereocenters. The highest BCUT2D eigenvalue weighted by molar-refractivity contribution is 7.00. The van der Waals surface area contributed by atoms with Gasteiger partial charge >= 0.3 is 0 Å². The lowest BCUT2D eigenvalue weighted by Crippen LogP contribution is -2.61. The van der Waals surface area contributed by atoms with Crippen LogP contribution >= 0.6 is 0 Å². The summed E-state index contributed by atoms with van der Waals surface area (Å²) in [5.41, 5.74) is 25.3. The molecule has 0 spiro atoms. The lowest BCUT2D eigenvalue weighted by atomic mass is 9.33. The van der Waals surface area contributed by atoms with Gasteiger partial charge < -0.3 is 19.1 Å². The van der Waals surface area contributed by atoms with Gasteiger partial charge in [0.15, 0.2) is 0 Å². The minimum Gasteiger partial charge on any atom is -0.455 e. The molecule has 2 aliphatic heterocycles. The maximum absolute atomic E-state index is 6.76. The average Bonchev–Trinajstić information content (AvgIpc) is 3.90. The van der Waals surface area contributed by atoms with E-state index in [1.807, 2.05) is 0 Å². The Bertz CT molecular complexity index is 4220. The van der Waals surface area contributed by atoms with Gasteiger partial charge in [0.05, 0.1) is 5.69 Å². The fourth-order valence-electron chi connectivity index (χ4n) is 12.5. The quantitative estimate of drug-likeness (QED) is 0.148. The molecule has 13 rings (SSSR count). The molecule has 0 aliphatic carbocycles. The van der Waals surface area contributed by atoms with Gasteiger partial charge in [-0.2, -0.15) is 0 Å². The first-order valence-corrected chi connectivity index (χ1v) is 28.9. The minimum absolute atomic E-state index is 0.0129. The summed E-state index contributed by atoms with van der Waals surface area (Å²) in [5, 5.41) is 2.24. The van der Waals surface area contributed by atoms with Crippen LogP contribution < -0.4 is 31.1 Å². The van der Waals surface area contributed by atoms with E-state index >= 15 is 0 Å². The third kappa shape index (κ3) is 9.03. The Balaban J connectivity index is 1.12. The summed E-state index contributed by atoms with van der Waals surface area (Å²) in [6.45, 7) is 27.8. The zero-order valence-electron chi connectivity index (χ0n) is 49.1. The number of fused-ring (bicyclic) bond motifs is 7. The van der Waals surface area contributed by atoms with Crippen LogP contribution in [0.1, 0.15) is 105 Å². The SMILES string of the molecule is CC(C)(C)c1ccc(N2c3ccc(C(C)(C)C)cc3B3c4ccc(N(c5ccccc5)c5ccc(C(C)(C)C)cc5-c5ccccc5)cc4N(c4cccc(-c5cccc6c5oc5ccccc56)c4)c4cc(C(C)(C)C)cc2c43)cc1. The number of benzene rings is 10. The highest BCUT2D eigenvalue weighted by atomic mass is 16.3. The molecule has 0 radical (unpaired) electrons. The molecule has 0 fully saturated rings. The minimum atomic E-state index is -0.192. The topological polar surface area (TPSA) is 22.9 Å². The molecule has 0 unspecified atom stereocenters. The van der Waals surface area contributed by atoms with Crippen LogP contribution in [0.4, 0.5) is 51.2 Å². The maximum atomic E-state index is 6.76. The number of rotatable bonds is 7. The Morgan fingerprint density at radius 2 is 0.938 bits per heavy atom. The van der Waals surface area contributed by atoms with Crippen molar-refractivity contribution in [2.45, 2.75) is 105 Å². The average molecular weight is 1050 g/mol. The Hall–Kier alpha value is -8.54. The van der Waals surface area contributed by atoms with E-state index in [2.05, 4.69) is 316 Å². The third-order valence-corrected chi connectivity index (χ3v) is 17.1. The summed E-state index contributed by atoms with van der Waals surface area (Å²) in [4.78, 5) is 7.64. The molecule has 5 heteroatoms. The van der Waals surface area contributed by atoms with Gasteiger partial charge in [0, 0.05) is 67.4 Å². The second kappa shape index (κ2) is 19.1. The van der Waals surface area contributed by atoms with Crippen molar-refractivity contribution in [1.82, 2.24) is 0 Å². The number of furan rings is 1. The summed E-state index contributed by atoms with van der Waals surface area (Å²) in [6.07, 6.45) is 0. The molecule has 0 amide bonds. The van der Waals surface area contributed by atoms with E-state index in [4.69, 9.17) is 4.42 Å². The van der Waals surface area contributed by atoms with Crippen LogP contribution in [0, 0.1) is 0 Å². The molecular formula is C76H72BN3O. The van der Waals surface area contributed by atoms with Crippen molar-refractivity contribution >= 4 is 96.2 Å². The van der Waals surface area contributed by atoms with Crippen LogP contribution in [0.3, 0.4) is 0 Å². The van der Waals surface area contributed by atoms with Gasteiger partial charge in [0.2, 0.25) is 0 Å². The zero-order chi connectivity index (χ0) is 56.3. The first kappa shape index (κ1) is 51.9. The molecule has 1 aromatic heterocycles. The van der Waals surface area contributed by atoms with Crippen molar-refractivity contribution in [1.29, 1.82) is 0 Å². The number of hydrogen-bond donors (Lipinski definition) is 0. The van der Waals surface area contributed by atoms with E-state index in [0.29, 0.717) is 0 Å². The highest BCUT2D eigenvalue weighted by Gasteiger charge is 2.45. The summed E-state index contributed by atoms with van der Waals surface area (Å²) in [7, 11) is 0. The van der Waals surface area contributed by atoms with Gasteiger partial charge in [-0.25, -0.2) is 0 Å². The van der Waals surface area contributed by atoms with Crippen molar-refractivity contribution in [2.24, 2.45) is 0 Å². The van der Waals surface area contributed by atoms with E-state index < -0.39 is 0 Å². The zero-order valence-corrected chi connectivity index (χ0v) is 49.1. The van der Waals surface area contributed by atoms with E-state index in [9.17, 15) is 0 Å². The van der Waals surface area contributed by atoms with Crippen molar-refractivity contribution in [2.75, 3.05) is 14.7 Å². The Labute approximate surface area is 480 Å². The lowest BCUT2D eigenvalue weighted by Gasteiger charge is -2.45. The van der Waals surface area contributed by atoms with Gasteiger partial charge in [-0.15, -0.1) is 0 Å². The fraction of sp³-hybridized carbons (Fsp3) is 0.211. The largest absolute Gasteiger partial charge is 0.455 e. The molecular weight excluding hydrogens is 982 g/mol. The van der Waals surface area contributed by atoms with E-state index in [0.717, 1.165) is 67.2 Å². The summed E-state index contributed by atoms with van der Waals surface area (Å²) >= 11 is 0. The van der Waals surface area contributed by atoms with Crippen LogP contribution in [0.25, 0.3) is 44.2 Å².